The van der Waals surface area contributed by atoms with Gasteiger partial charge in [0.05, 0.1) is 59.8 Å². The zero-order valence-electron chi connectivity index (χ0n) is 46.8. The molecule has 22 nitrogen and oxygen atoms in total. The lowest BCUT2D eigenvalue weighted by Crippen LogP contribution is -2.94. The molecule has 0 amide bonds. The largest absolute Gasteiger partial charge is 0.507 e. The molecule has 12 atom stereocenters. The average Bonchev–Trinajstić information content (AvgIpc) is 0.770. The lowest BCUT2D eigenvalue weighted by molar-refractivity contribution is -0.723. The lowest BCUT2D eigenvalue weighted by atomic mass is 9.72. The van der Waals surface area contributed by atoms with E-state index in [2.05, 4.69) is 0 Å². The highest BCUT2D eigenvalue weighted by Gasteiger charge is 2.52. The normalized spacial score (nSPS) is 28.7. The van der Waals surface area contributed by atoms with Crippen molar-refractivity contribution in [2.75, 3.05) is 14.2 Å². The van der Waals surface area contributed by atoms with Crippen molar-refractivity contribution in [2.24, 2.45) is 0 Å². The molecule has 0 bridgehead atoms. The molecule has 2 aliphatic heterocycles. The number of aliphatic hydroxyl groups excluding tert-OH is 2. The molecule has 12 unspecified atom stereocenters. The number of hydrogen-bond acceptors (Lipinski definition) is 20. The van der Waals surface area contributed by atoms with Crippen molar-refractivity contribution in [2.45, 2.75) is 152 Å². The van der Waals surface area contributed by atoms with E-state index in [0.29, 0.717) is 13.1 Å². The molecule has 5 aromatic rings. The number of methoxy groups -OCH3 is 2. The van der Waals surface area contributed by atoms with E-state index in [1.54, 1.807) is 13.8 Å². The molecule has 84 heavy (non-hydrogen) atoms. The van der Waals surface area contributed by atoms with Crippen molar-refractivity contribution < 1.29 is 109 Å². The molecular weight excluding hydrogens is 1090 g/mol. The van der Waals surface area contributed by atoms with E-state index >= 15 is 0 Å². The summed E-state index contributed by atoms with van der Waals surface area (Å²) in [6, 6.07) is 15.6. The number of rotatable bonds is 14. The minimum atomic E-state index is -2.10. The number of benzene rings is 5. The minimum Gasteiger partial charge on any atom is -0.507 e. The van der Waals surface area contributed by atoms with Crippen molar-refractivity contribution in [3.8, 4) is 34.5 Å². The Balaban J connectivity index is 0.718. The smallest absolute Gasteiger partial charge is 0.202 e. The highest BCUT2D eigenvalue weighted by Crippen LogP contribution is 2.55. The number of ketones is 6. The number of aliphatic hydroxyl groups is 4. The van der Waals surface area contributed by atoms with Gasteiger partial charge < -0.3 is 79.9 Å². The van der Waals surface area contributed by atoms with Crippen molar-refractivity contribution >= 4 is 34.7 Å². The molecule has 11 rings (SSSR count). The second-order valence-electron chi connectivity index (χ2n) is 22.9. The van der Waals surface area contributed by atoms with Gasteiger partial charge >= 0.3 is 0 Å². The molecule has 2 fully saturated rings. The highest BCUT2D eigenvalue weighted by atomic mass is 16.7. The van der Waals surface area contributed by atoms with Crippen LogP contribution in [0.2, 0.25) is 0 Å². The van der Waals surface area contributed by atoms with Crippen LogP contribution in [0.15, 0.2) is 60.7 Å². The van der Waals surface area contributed by atoms with Gasteiger partial charge in [0.25, 0.3) is 0 Å². The molecule has 2 heterocycles. The number of phenolic OH excluding ortho intramolecular Hbond substituents is 4. The van der Waals surface area contributed by atoms with E-state index in [-0.39, 0.29) is 68.8 Å². The third-order valence-corrected chi connectivity index (χ3v) is 17.9. The summed E-state index contributed by atoms with van der Waals surface area (Å²) < 4.78 is 36.0. The quantitative estimate of drug-likeness (QED) is 0.0696. The number of aromatic hydroxyl groups is 4. The van der Waals surface area contributed by atoms with Crippen molar-refractivity contribution in [1.82, 2.24) is 0 Å². The standard InChI is InChI=1S/C62H64N2O20/c1-25-51(35(67)17-41(81-25)83-39-21-61(77,27(3)65)19-33-45(39)59(75)49-47(55(33)71)53(69)31-9-7-11-37(79-5)43(31)57(49)73)63-23-29-13-15-30(16-14-29)24-64-52-26(2)82-42(18-36(52)68)84-40-22-62(78,28(4)66)20-34-46(40)60(76)50-48(56(34)72)54(70)32-10-8-12-38(80-6)44(32)58(50)74/h7-16,25-26,35-36,39-42,51-52,63-64,67-68,71-72,75-78H,17-24H2,1-6H3/p+2. The third kappa shape index (κ3) is 9.63. The second kappa shape index (κ2) is 21.9. The minimum absolute atomic E-state index is 0.0552. The van der Waals surface area contributed by atoms with Crippen LogP contribution in [-0.4, -0.2) is 150 Å². The third-order valence-electron chi connectivity index (χ3n) is 17.9. The SMILES string of the molecule is COc1cccc2c1C(=O)c1c(O)c3c(c(O)c1C2=O)CC(O)(C(C)=O)CC3OC1CC(O)C([NH2+]Cc2ccc(C[NH2+]C3C(O)CC(OC4CC(O)(C(C)=O)Cc5c(O)c6c(c(O)c54)C(=O)c4c(OC)cccc4C6=O)OC3C)cc2)C(C)O1. The molecule has 0 saturated carbocycles. The van der Waals surface area contributed by atoms with Gasteiger partial charge in [0.1, 0.15) is 95.3 Å². The Kier molecular flexibility index (Phi) is 15.2. The second-order valence-corrected chi connectivity index (χ2v) is 22.9. The first-order valence-electron chi connectivity index (χ1n) is 27.8. The van der Waals surface area contributed by atoms with Gasteiger partial charge in [0, 0.05) is 83.0 Å². The fourth-order valence-corrected chi connectivity index (χ4v) is 13.3. The predicted molar refractivity (Wildman–Crippen MR) is 290 cm³/mol. The summed E-state index contributed by atoms with van der Waals surface area (Å²) in [7, 11) is 2.65. The van der Waals surface area contributed by atoms with Gasteiger partial charge in [-0.2, -0.15) is 0 Å². The van der Waals surface area contributed by atoms with Gasteiger partial charge in [-0.3, -0.25) is 28.8 Å². The number of ether oxygens (including phenoxy) is 6. The monoisotopic (exact) mass is 1160 g/mol. The van der Waals surface area contributed by atoms with Gasteiger partial charge in [-0.25, -0.2) is 0 Å². The molecule has 0 aromatic heterocycles. The number of phenols is 4. The summed E-state index contributed by atoms with van der Waals surface area (Å²) in [5.41, 5.74) is -5.02. The van der Waals surface area contributed by atoms with E-state index < -0.39 is 178 Å². The number of hydrogen-bond donors (Lipinski definition) is 10. The zero-order chi connectivity index (χ0) is 60.2. The van der Waals surface area contributed by atoms with Gasteiger partial charge in [-0.1, -0.05) is 48.5 Å². The van der Waals surface area contributed by atoms with Crippen LogP contribution in [0, 0.1) is 0 Å². The van der Waals surface area contributed by atoms with Crippen LogP contribution in [-0.2, 0) is 54.5 Å². The molecule has 0 radical (unpaired) electrons. The van der Waals surface area contributed by atoms with E-state index in [0.717, 1.165) is 11.1 Å². The van der Waals surface area contributed by atoms with Crippen LogP contribution in [0.3, 0.4) is 0 Å². The molecule has 5 aromatic carbocycles. The highest BCUT2D eigenvalue weighted by molar-refractivity contribution is 6.32. The number of Topliss-reactive ketones (excluding diaryl/α,β-unsaturated/α-hetero) is 2. The first kappa shape index (κ1) is 58.3. The molecule has 442 valence electrons. The number of carbonyl (C=O) groups is 6. The maximum absolute atomic E-state index is 14.1. The van der Waals surface area contributed by atoms with E-state index in [1.165, 1.54) is 64.5 Å². The summed E-state index contributed by atoms with van der Waals surface area (Å²) in [5, 5.41) is 97.5. The van der Waals surface area contributed by atoms with Crippen LogP contribution in [0.5, 0.6) is 34.5 Å². The summed E-state index contributed by atoms with van der Waals surface area (Å²) in [5.74, 6) is -6.91. The first-order chi connectivity index (χ1) is 39.9. The molecule has 22 heteroatoms. The Bertz CT molecular complexity index is 3340. The fraction of sp³-hybridized carbons (Fsp3) is 0.419. The summed E-state index contributed by atoms with van der Waals surface area (Å²) in [4.78, 5) is 81.8. The van der Waals surface area contributed by atoms with E-state index in [4.69, 9.17) is 28.4 Å². The molecular formula is C62H66N2O20+2. The van der Waals surface area contributed by atoms with Crippen LogP contribution >= 0.6 is 0 Å². The predicted octanol–water partition coefficient (Wildman–Crippen LogP) is 1.98. The Labute approximate surface area is 480 Å². The maximum Gasteiger partial charge on any atom is 0.202 e. The Morgan fingerprint density at radius 1 is 0.548 bits per heavy atom. The zero-order valence-corrected chi connectivity index (χ0v) is 46.8. The van der Waals surface area contributed by atoms with E-state index in [9.17, 15) is 69.6 Å². The Morgan fingerprint density at radius 2 is 0.905 bits per heavy atom. The van der Waals surface area contributed by atoms with Gasteiger partial charge in [-0.05, 0) is 39.8 Å². The molecule has 2 saturated heterocycles. The average molecular weight is 1160 g/mol. The van der Waals surface area contributed by atoms with E-state index in [1.807, 2.05) is 34.9 Å². The van der Waals surface area contributed by atoms with Gasteiger partial charge in [0.2, 0.25) is 11.6 Å². The van der Waals surface area contributed by atoms with Crippen molar-refractivity contribution in [3.63, 3.8) is 0 Å². The fourth-order valence-electron chi connectivity index (χ4n) is 13.3. The van der Waals surface area contributed by atoms with Crippen molar-refractivity contribution in [1.29, 1.82) is 0 Å². The number of carbonyl (C=O) groups excluding carboxylic acids is 6. The van der Waals surface area contributed by atoms with Gasteiger partial charge in [-0.15, -0.1) is 0 Å². The summed E-state index contributed by atoms with van der Waals surface area (Å²) in [6.07, 6.45) is -10.1. The van der Waals surface area contributed by atoms with Crippen LogP contribution in [0.1, 0.15) is 163 Å². The summed E-state index contributed by atoms with van der Waals surface area (Å²) in [6.45, 7) is 6.71. The van der Waals surface area contributed by atoms with Gasteiger partial charge in [0.15, 0.2) is 35.7 Å². The number of fused-ring (bicyclic) bond motifs is 6. The van der Waals surface area contributed by atoms with Crippen LogP contribution < -0.4 is 20.1 Å². The van der Waals surface area contributed by atoms with Crippen LogP contribution in [0.25, 0.3) is 0 Å². The van der Waals surface area contributed by atoms with Crippen LogP contribution in [0.4, 0.5) is 0 Å². The maximum atomic E-state index is 14.1. The first-order valence-corrected chi connectivity index (χ1v) is 27.8. The molecule has 4 aliphatic carbocycles. The molecule has 0 spiro atoms. The number of quaternary nitrogens is 2. The Hall–Kier alpha value is -7.48. The molecule has 6 aliphatic rings. The van der Waals surface area contributed by atoms with Crippen molar-refractivity contribution in [3.05, 3.63) is 139 Å². The topological polar surface area (TPSA) is 353 Å². The Morgan fingerprint density at radius 3 is 1.24 bits per heavy atom. The lowest BCUT2D eigenvalue weighted by Gasteiger charge is -2.42. The summed E-state index contributed by atoms with van der Waals surface area (Å²) >= 11 is 0. The molecule has 12 N–H and O–H groups in total. The number of nitrogens with two attached hydrogens (primary N) is 2.